The monoisotopic (exact) mass is 296 g/mol. The van der Waals surface area contributed by atoms with Crippen LogP contribution in [-0.4, -0.2) is 36.2 Å². The second-order valence-electron chi connectivity index (χ2n) is 5.43. The summed E-state index contributed by atoms with van der Waals surface area (Å²) in [5, 5.41) is 22.7. The van der Waals surface area contributed by atoms with Gasteiger partial charge in [-0.1, -0.05) is 19.9 Å². The lowest BCUT2D eigenvalue weighted by atomic mass is 9.89. The predicted octanol–water partition coefficient (Wildman–Crippen LogP) is 1.74. The highest BCUT2D eigenvalue weighted by Crippen LogP contribution is 2.28. The maximum Gasteiger partial charge on any atom is 0.285 e. The van der Waals surface area contributed by atoms with Gasteiger partial charge in [-0.15, -0.1) is 0 Å². The van der Waals surface area contributed by atoms with Crippen molar-refractivity contribution < 1.29 is 19.6 Å². The fourth-order valence-electron chi connectivity index (χ4n) is 1.87. The summed E-state index contributed by atoms with van der Waals surface area (Å²) in [6.07, 6.45) is 0.515. The number of nitro groups is 1. The zero-order valence-corrected chi connectivity index (χ0v) is 12.4. The normalized spacial score (nSPS) is 11.0. The highest BCUT2D eigenvalue weighted by atomic mass is 16.6. The minimum absolute atomic E-state index is 0.0116. The third kappa shape index (κ3) is 4.42. The highest BCUT2D eigenvalue weighted by molar-refractivity contribution is 6.00. The molecule has 0 bridgehead atoms. The first-order valence-corrected chi connectivity index (χ1v) is 6.53. The summed E-state index contributed by atoms with van der Waals surface area (Å²) in [6, 6.07) is 4.22. The number of aliphatic hydroxyl groups excluding tert-OH is 1. The molecule has 7 heteroatoms. The maximum absolute atomic E-state index is 12.2. The maximum atomic E-state index is 12.2. The van der Waals surface area contributed by atoms with E-state index in [4.69, 9.17) is 9.84 Å². The van der Waals surface area contributed by atoms with Gasteiger partial charge < -0.3 is 15.2 Å². The first-order chi connectivity index (χ1) is 9.82. The van der Waals surface area contributed by atoms with Crippen molar-refractivity contribution in [3.63, 3.8) is 0 Å². The van der Waals surface area contributed by atoms with E-state index in [0.29, 0.717) is 13.0 Å². The molecule has 0 aromatic heterocycles. The Hall–Kier alpha value is -2.15. The van der Waals surface area contributed by atoms with Crippen molar-refractivity contribution in [2.24, 2.45) is 5.41 Å². The van der Waals surface area contributed by atoms with E-state index in [1.165, 1.54) is 25.3 Å². The second-order valence-corrected chi connectivity index (χ2v) is 5.43. The van der Waals surface area contributed by atoms with Gasteiger partial charge >= 0.3 is 0 Å². The Balaban J connectivity index is 2.99. The predicted molar refractivity (Wildman–Crippen MR) is 77.5 cm³/mol. The van der Waals surface area contributed by atoms with Crippen LogP contribution >= 0.6 is 0 Å². The molecule has 0 saturated carbocycles. The zero-order valence-electron chi connectivity index (χ0n) is 12.4. The van der Waals surface area contributed by atoms with Crippen LogP contribution in [0, 0.1) is 15.5 Å². The number of hydrogen-bond donors (Lipinski definition) is 2. The molecule has 1 rings (SSSR count). The summed E-state index contributed by atoms with van der Waals surface area (Å²) in [7, 11) is 1.35. The lowest BCUT2D eigenvalue weighted by Crippen LogP contribution is -2.35. The van der Waals surface area contributed by atoms with Gasteiger partial charge in [0.05, 0.1) is 12.0 Å². The number of carbonyl (C=O) groups is 1. The largest absolute Gasteiger partial charge is 0.496 e. The van der Waals surface area contributed by atoms with E-state index in [0.717, 1.165) is 0 Å². The molecule has 0 radical (unpaired) electrons. The smallest absolute Gasteiger partial charge is 0.285 e. The third-order valence-electron chi connectivity index (χ3n) is 3.16. The van der Waals surface area contributed by atoms with E-state index < -0.39 is 10.8 Å². The number of carbonyl (C=O) groups excluding carboxylic acids is 1. The Morgan fingerprint density at radius 2 is 2.14 bits per heavy atom. The molecule has 0 fully saturated rings. The van der Waals surface area contributed by atoms with Crippen LogP contribution in [0.4, 0.5) is 5.69 Å². The van der Waals surface area contributed by atoms with E-state index in [1.54, 1.807) is 0 Å². The van der Waals surface area contributed by atoms with E-state index in [1.807, 2.05) is 13.8 Å². The number of nitrogens with one attached hydrogen (secondary N) is 1. The number of rotatable bonds is 7. The molecule has 1 aromatic carbocycles. The number of nitro benzene ring substituents is 1. The second kappa shape index (κ2) is 7.03. The molecule has 1 amide bonds. The molecule has 0 atom stereocenters. The Bertz CT molecular complexity index is 528. The van der Waals surface area contributed by atoms with E-state index in [2.05, 4.69) is 5.32 Å². The molecule has 0 unspecified atom stereocenters. The first kappa shape index (κ1) is 16.9. The van der Waals surface area contributed by atoms with Crippen LogP contribution in [-0.2, 0) is 0 Å². The van der Waals surface area contributed by atoms with Crippen molar-refractivity contribution >= 4 is 11.6 Å². The lowest BCUT2D eigenvalue weighted by molar-refractivity contribution is -0.385. The zero-order chi connectivity index (χ0) is 16.0. The minimum Gasteiger partial charge on any atom is -0.496 e. The molecule has 0 aliphatic rings. The van der Waals surface area contributed by atoms with Crippen LogP contribution in [0.5, 0.6) is 5.75 Å². The Morgan fingerprint density at radius 3 is 2.67 bits per heavy atom. The van der Waals surface area contributed by atoms with Crippen molar-refractivity contribution in [1.82, 2.24) is 5.32 Å². The first-order valence-electron chi connectivity index (χ1n) is 6.53. The molecule has 0 aliphatic heterocycles. The third-order valence-corrected chi connectivity index (χ3v) is 3.16. The quantitative estimate of drug-likeness (QED) is 0.589. The van der Waals surface area contributed by atoms with Crippen molar-refractivity contribution in [2.75, 3.05) is 20.3 Å². The Kier molecular flexibility index (Phi) is 5.66. The fourth-order valence-corrected chi connectivity index (χ4v) is 1.87. The number of amides is 1. The molecule has 0 saturated heterocycles. The van der Waals surface area contributed by atoms with Gasteiger partial charge in [-0.3, -0.25) is 14.9 Å². The average Bonchev–Trinajstić information content (AvgIpc) is 2.43. The molecule has 0 heterocycles. The van der Waals surface area contributed by atoms with Gasteiger partial charge in [-0.05, 0) is 17.9 Å². The van der Waals surface area contributed by atoms with Crippen molar-refractivity contribution in [3.05, 3.63) is 33.9 Å². The molecule has 2 N–H and O–H groups in total. The van der Waals surface area contributed by atoms with E-state index in [9.17, 15) is 14.9 Å². The van der Waals surface area contributed by atoms with Crippen molar-refractivity contribution in [3.8, 4) is 5.75 Å². The summed E-state index contributed by atoms with van der Waals surface area (Å²) in [6.45, 7) is 4.08. The van der Waals surface area contributed by atoms with Crippen LogP contribution in [0.3, 0.4) is 0 Å². The van der Waals surface area contributed by atoms with Crippen LogP contribution in [0.1, 0.15) is 30.6 Å². The van der Waals surface area contributed by atoms with Crippen molar-refractivity contribution in [1.29, 1.82) is 0 Å². The van der Waals surface area contributed by atoms with Crippen molar-refractivity contribution in [2.45, 2.75) is 20.3 Å². The Labute approximate surface area is 123 Å². The minimum atomic E-state index is -0.615. The summed E-state index contributed by atoms with van der Waals surface area (Å²) in [5.41, 5.74) is -0.696. The molecule has 116 valence electrons. The molecule has 0 aliphatic carbocycles. The summed E-state index contributed by atoms with van der Waals surface area (Å²) < 4.78 is 5.03. The highest BCUT2D eigenvalue weighted by Gasteiger charge is 2.26. The number of aliphatic hydroxyl groups is 1. The van der Waals surface area contributed by atoms with Gasteiger partial charge in [-0.25, -0.2) is 0 Å². The van der Waals surface area contributed by atoms with Crippen LogP contribution in [0.2, 0.25) is 0 Å². The van der Waals surface area contributed by atoms with Gasteiger partial charge in [0.15, 0.2) is 5.56 Å². The van der Waals surface area contributed by atoms with Gasteiger partial charge in [0.25, 0.3) is 11.6 Å². The molecule has 0 spiro atoms. The summed E-state index contributed by atoms with van der Waals surface area (Å²) >= 11 is 0. The van der Waals surface area contributed by atoms with Gasteiger partial charge in [0.1, 0.15) is 5.75 Å². The lowest BCUT2D eigenvalue weighted by Gasteiger charge is -2.24. The molecule has 21 heavy (non-hydrogen) atoms. The van der Waals surface area contributed by atoms with Crippen LogP contribution < -0.4 is 10.1 Å². The fraction of sp³-hybridized carbons (Fsp3) is 0.500. The average molecular weight is 296 g/mol. The van der Waals surface area contributed by atoms with Crippen LogP contribution in [0.25, 0.3) is 0 Å². The SMILES string of the molecule is COc1cccc([N+](=O)[O-])c1C(=O)NCC(C)(C)CCO. The summed E-state index contributed by atoms with van der Waals surface area (Å²) in [5.74, 6) is -0.410. The van der Waals surface area contributed by atoms with Gasteiger partial charge in [-0.2, -0.15) is 0 Å². The molecular weight excluding hydrogens is 276 g/mol. The summed E-state index contributed by atoms with van der Waals surface area (Å²) in [4.78, 5) is 22.7. The topological polar surface area (TPSA) is 102 Å². The standard InChI is InChI=1S/C14H20N2O5/c1-14(2,7-8-17)9-15-13(18)12-10(16(19)20)5-4-6-11(12)21-3/h4-6,17H,7-9H2,1-3H3,(H,15,18). The molecule has 1 aromatic rings. The van der Waals surface area contributed by atoms with Gasteiger partial charge in [0.2, 0.25) is 0 Å². The number of methoxy groups -OCH3 is 1. The Morgan fingerprint density at radius 1 is 1.48 bits per heavy atom. The number of nitrogens with zero attached hydrogens (tertiary/aromatic N) is 1. The number of ether oxygens (including phenoxy) is 1. The van der Waals surface area contributed by atoms with E-state index >= 15 is 0 Å². The number of hydrogen-bond acceptors (Lipinski definition) is 5. The number of benzene rings is 1. The van der Waals surface area contributed by atoms with E-state index in [-0.39, 0.29) is 29.0 Å². The molecule has 7 nitrogen and oxygen atoms in total. The van der Waals surface area contributed by atoms with Crippen LogP contribution in [0.15, 0.2) is 18.2 Å². The van der Waals surface area contributed by atoms with Gasteiger partial charge in [0, 0.05) is 19.2 Å². The molecular formula is C14H20N2O5.